The van der Waals surface area contributed by atoms with Crippen molar-refractivity contribution in [2.45, 2.75) is 6.92 Å². The lowest BCUT2D eigenvalue weighted by molar-refractivity contribution is 0.0736. The number of piperazine rings is 1. The van der Waals surface area contributed by atoms with Gasteiger partial charge in [-0.3, -0.25) is 4.79 Å². The summed E-state index contributed by atoms with van der Waals surface area (Å²) in [5.41, 5.74) is 5.18. The Morgan fingerprint density at radius 3 is 2.43 bits per heavy atom. The molecular weight excluding hydrogens is 286 g/mol. The fraction of sp³-hybridized carbons (Fsp3) is 0.316. The third-order valence-electron chi connectivity index (χ3n) is 4.46. The van der Waals surface area contributed by atoms with Crippen molar-refractivity contribution in [3.63, 3.8) is 0 Å². The molecule has 0 spiro atoms. The summed E-state index contributed by atoms with van der Waals surface area (Å²) in [5, 5.41) is 3.27. The van der Waals surface area contributed by atoms with Crippen molar-refractivity contribution in [2.24, 2.45) is 0 Å². The molecule has 1 amide bonds. The summed E-state index contributed by atoms with van der Waals surface area (Å²) < 4.78 is 0. The third kappa shape index (κ3) is 3.22. The van der Waals surface area contributed by atoms with Crippen LogP contribution in [0.1, 0.15) is 22.8 Å². The highest BCUT2D eigenvalue weighted by Crippen LogP contribution is 2.27. The number of amides is 1. The quantitative estimate of drug-likeness (QED) is 0.911. The van der Waals surface area contributed by atoms with Crippen LogP contribution in [0, 0.1) is 0 Å². The molecule has 0 atom stereocenters. The van der Waals surface area contributed by atoms with Crippen molar-refractivity contribution in [1.82, 2.24) is 15.1 Å². The second kappa shape index (κ2) is 6.42. The van der Waals surface area contributed by atoms with Gasteiger partial charge in [0.1, 0.15) is 0 Å². The number of carbonyl (C=O) groups is 1. The van der Waals surface area contributed by atoms with Crippen molar-refractivity contribution < 1.29 is 4.79 Å². The number of carbonyl (C=O) groups excluding carboxylic acids is 1. The van der Waals surface area contributed by atoms with Gasteiger partial charge in [0.25, 0.3) is 5.91 Å². The lowest BCUT2D eigenvalue weighted by Crippen LogP contribution is -2.46. The Hall–Kier alpha value is -2.33. The summed E-state index contributed by atoms with van der Waals surface area (Å²) in [6.45, 7) is 9.42. The van der Waals surface area contributed by atoms with Gasteiger partial charge < -0.3 is 15.1 Å². The zero-order valence-corrected chi connectivity index (χ0v) is 13.8. The molecule has 1 saturated heterocycles. The molecule has 0 radical (unpaired) electrons. The summed E-state index contributed by atoms with van der Waals surface area (Å²) in [6.07, 6.45) is 4.21. The normalized spacial score (nSPS) is 18.6. The predicted octanol–water partition coefficient (Wildman–Crippen LogP) is 2.48. The van der Waals surface area contributed by atoms with Crippen LogP contribution in [0.15, 0.2) is 54.4 Å². The number of benzene rings is 1. The van der Waals surface area contributed by atoms with E-state index in [2.05, 4.69) is 31.1 Å². The summed E-state index contributed by atoms with van der Waals surface area (Å²) in [6, 6.07) is 7.89. The smallest absolute Gasteiger partial charge is 0.253 e. The first-order chi connectivity index (χ1) is 11.1. The first-order valence-corrected chi connectivity index (χ1v) is 7.99. The molecule has 23 heavy (non-hydrogen) atoms. The molecule has 120 valence electrons. The maximum absolute atomic E-state index is 12.5. The molecule has 0 aromatic heterocycles. The number of nitrogens with one attached hydrogen (secondary N) is 1. The van der Waals surface area contributed by atoms with Crippen LogP contribution < -0.4 is 5.32 Å². The maximum atomic E-state index is 12.5. The Morgan fingerprint density at radius 2 is 1.83 bits per heavy atom. The Bertz CT molecular complexity index is 679. The summed E-state index contributed by atoms with van der Waals surface area (Å²) in [7, 11) is 2.00. The third-order valence-corrected chi connectivity index (χ3v) is 4.46. The van der Waals surface area contributed by atoms with Crippen molar-refractivity contribution >= 4 is 11.5 Å². The zero-order chi connectivity index (χ0) is 16.4. The van der Waals surface area contributed by atoms with E-state index < -0.39 is 0 Å². The van der Waals surface area contributed by atoms with Gasteiger partial charge in [0.2, 0.25) is 0 Å². The maximum Gasteiger partial charge on any atom is 0.253 e. The van der Waals surface area contributed by atoms with E-state index in [4.69, 9.17) is 0 Å². The number of hydrogen-bond acceptors (Lipinski definition) is 3. The van der Waals surface area contributed by atoms with E-state index in [-0.39, 0.29) is 5.91 Å². The van der Waals surface area contributed by atoms with Crippen molar-refractivity contribution in [3.8, 4) is 0 Å². The summed E-state index contributed by atoms with van der Waals surface area (Å²) in [4.78, 5) is 16.4. The van der Waals surface area contributed by atoms with E-state index in [0.717, 1.165) is 54.1 Å². The van der Waals surface area contributed by atoms with Crippen molar-refractivity contribution in [2.75, 3.05) is 33.2 Å². The average molecular weight is 309 g/mol. The first kappa shape index (κ1) is 15.6. The summed E-state index contributed by atoms with van der Waals surface area (Å²) >= 11 is 0. The molecule has 2 heterocycles. The molecule has 0 saturated carbocycles. The minimum Gasteiger partial charge on any atom is -0.351 e. The van der Waals surface area contributed by atoms with Gasteiger partial charge in [0.15, 0.2) is 0 Å². The number of rotatable bonds is 2. The SMILES string of the molecule is C=C1C(C)=CC(c2ccc(C(=O)N3CCNCC3)cc2)=CN1C. The van der Waals surface area contributed by atoms with Crippen LogP contribution >= 0.6 is 0 Å². The van der Waals surface area contributed by atoms with Crippen LogP contribution in [-0.2, 0) is 0 Å². The molecule has 1 fully saturated rings. The Kier molecular flexibility index (Phi) is 4.35. The molecule has 0 aliphatic carbocycles. The number of hydrogen-bond donors (Lipinski definition) is 1. The van der Waals surface area contributed by atoms with Crippen LogP contribution in [-0.4, -0.2) is 48.9 Å². The van der Waals surface area contributed by atoms with Gasteiger partial charge in [0, 0.05) is 50.7 Å². The number of allylic oxidation sites excluding steroid dienone is 3. The Labute approximate surface area is 137 Å². The highest BCUT2D eigenvalue weighted by atomic mass is 16.2. The monoisotopic (exact) mass is 309 g/mol. The van der Waals surface area contributed by atoms with Gasteiger partial charge in [-0.15, -0.1) is 0 Å². The van der Waals surface area contributed by atoms with Crippen LogP contribution in [0.2, 0.25) is 0 Å². The predicted molar refractivity (Wildman–Crippen MR) is 93.9 cm³/mol. The minimum atomic E-state index is 0.118. The van der Waals surface area contributed by atoms with E-state index in [1.807, 2.05) is 41.1 Å². The van der Waals surface area contributed by atoms with Gasteiger partial charge in [0.05, 0.1) is 0 Å². The van der Waals surface area contributed by atoms with Gasteiger partial charge in [-0.2, -0.15) is 0 Å². The standard InChI is InChI=1S/C19H23N3O/c1-14-12-18(13-21(3)15(14)2)16-4-6-17(7-5-16)19(23)22-10-8-20-9-11-22/h4-7,12-13,20H,2,8-11H2,1,3H3. The molecule has 4 nitrogen and oxygen atoms in total. The molecular formula is C19H23N3O. The number of likely N-dealkylation sites (N-methyl/N-ethyl adjacent to an activating group) is 1. The highest BCUT2D eigenvalue weighted by molar-refractivity contribution is 5.94. The molecule has 2 aliphatic rings. The Balaban J connectivity index is 1.78. The second-order valence-corrected chi connectivity index (χ2v) is 6.09. The average Bonchev–Trinajstić information content (AvgIpc) is 2.59. The lowest BCUT2D eigenvalue weighted by atomic mass is 9.99. The molecule has 0 unspecified atom stereocenters. The van der Waals surface area contributed by atoms with Crippen molar-refractivity contribution in [3.05, 3.63) is 65.5 Å². The van der Waals surface area contributed by atoms with Gasteiger partial charge in [-0.25, -0.2) is 0 Å². The molecule has 3 rings (SSSR count). The molecule has 0 bridgehead atoms. The zero-order valence-electron chi connectivity index (χ0n) is 13.8. The largest absolute Gasteiger partial charge is 0.351 e. The molecule has 2 aliphatic heterocycles. The molecule has 1 N–H and O–H groups in total. The highest BCUT2D eigenvalue weighted by Gasteiger charge is 2.18. The van der Waals surface area contributed by atoms with E-state index in [1.54, 1.807) is 0 Å². The lowest BCUT2D eigenvalue weighted by Gasteiger charge is -2.27. The Morgan fingerprint density at radius 1 is 1.17 bits per heavy atom. The van der Waals surface area contributed by atoms with Gasteiger partial charge in [-0.1, -0.05) is 18.7 Å². The summed E-state index contributed by atoms with van der Waals surface area (Å²) in [5.74, 6) is 0.118. The number of nitrogens with zero attached hydrogens (tertiary/aromatic N) is 2. The molecule has 1 aromatic rings. The van der Waals surface area contributed by atoms with Crippen LogP contribution in [0.3, 0.4) is 0 Å². The molecule has 1 aromatic carbocycles. The van der Waals surface area contributed by atoms with Gasteiger partial charge >= 0.3 is 0 Å². The van der Waals surface area contributed by atoms with Gasteiger partial charge in [-0.05, 0) is 41.8 Å². The van der Waals surface area contributed by atoms with Crippen molar-refractivity contribution in [1.29, 1.82) is 0 Å². The topological polar surface area (TPSA) is 35.6 Å². The van der Waals surface area contributed by atoms with E-state index in [9.17, 15) is 4.79 Å². The fourth-order valence-electron chi connectivity index (χ4n) is 2.93. The van der Waals surface area contributed by atoms with Crippen LogP contribution in [0.5, 0.6) is 0 Å². The second-order valence-electron chi connectivity index (χ2n) is 6.09. The molecule has 4 heteroatoms. The fourth-order valence-corrected chi connectivity index (χ4v) is 2.93. The van der Waals surface area contributed by atoms with E-state index in [1.165, 1.54) is 0 Å². The van der Waals surface area contributed by atoms with Crippen LogP contribution in [0.25, 0.3) is 5.57 Å². The van der Waals surface area contributed by atoms with E-state index >= 15 is 0 Å². The van der Waals surface area contributed by atoms with Crippen LogP contribution in [0.4, 0.5) is 0 Å². The van der Waals surface area contributed by atoms with E-state index in [0.29, 0.717) is 0 Å². The first-order valence-electron chi connectivity index (χ1n) is 7.99. The minimum absolute atomic E-state index is 0.118.